The van der Waals surface area contributed by atoms with Gasteiger partial charge >= 0.3 is 0 Å². The van der Waals surface area contributed by atoms with Gasteiger partial charge < -0.3 is 10.2 Å². The minimum atomic E-state index is -2.82. The van der Waals surface area contributed by atoms with Gasteiger partial charge in [-0.1, -0.05) is 12.1 Å². The Kier molecular flexibility index (Phi) is 4.63. The average Bonchev–Trinajstić information content (AvgIpc) is 2.53. The highest BCUT2D eigenvalue weighted by atomic mass is 32.2. The molecule has 3 rings (SSSR count). The standard InChI is InChI=1S/C15H20N4O3S/c20-14-12-4-1-2-5-13(12)17-15(18-14)16-6-3-7-19-8-10-23(21,22)11-9-19/h1-2,4-5H,3,6-11H2,(H2,16,17,18,20). The Morgan fingerprint density at radius 3 is 2.74 bits per heavy atom. The number of fused-ring (bicyclic) bond motifs is 1. The van der Waals surface area contributed by atoms with Gasteiger partial charge in [0, 0.05) is 19.6 Å². The molecule has 0 saturated carbocycles. The summed E-state index contributed by atoms with van der Waals surface area (Å²) < 4.78 is 22.7. The molecular weight excluding hydrogens is 316 g/mol. The summed E-state index contributed by atoms with van der Waals surface area (Å²) in [6.07, 6.45) is 0.858. The van der Waals surface area contributed by atoms with Crippen LogP contribution in [0.1, 0.15) is 6.42 Å². The molecule has 0 spiro atoms. The number of aromatic amines is 1. The van der Waals surface area contributed by atoms with E-state index in [1.165, 1.54) is 0 Å². The SMILES string of the molecule is O=c1[nH]c(NCCCN2CCS(=O)(=O)CC2)nc2ccccc12. The first-order valence-electron chi connectivity index (χ1n) is 7.69. The molecular formula is C15H20N4O3S. The molecule has 8 heteroatoms. The third kappa shape index (κ3) is 4.08. The van der Waals surface area contributed by atoms with E-state index in [4.69, 9.17) is 0 Å². The Morgan fingerprint density at radius 2 is 1.96 bits per heavy atom. The minimum Gasteiger partial charge on any atom is -0.356 e. The van der Waals surface area contributed by atoms with Crippen LogP contribution in [0, 0.1) is 0 Å². The summed E-state index contributed by atoms with van der Waals surface area (Å²) in [5.41, 5.74) is 0.513. The van der Waals surface area contributed by atoms with Crippen molar-refractivity contribution in [1.82, 2.24) is 14.9 Å². The Bertz CT molecular complexity index is 833. The fourth-order valence-corrected chi connectivity index (χ4v) is 3.93. The largest absolute Gasteiger partial charge is 0.356 e. The zero-order valence-electron chi connectivity index (χ0n) is 12.8. The number of anilines is 1. The average molecular weight is 336 g/mol. The van der Waals surface area contributed by atoms with E-state index >= 15 is 0 Å². The van der Waals surface area contributed by atoms with E-state index < -0.39 is 9.84 Å². The second-order valence-electron chi connectivity index (χ2n) is 5.71. The van der Waals surface area contributed by atoms with Crippen LogP contribution in [0.3, 0.4) is 0 Å². The topological polar surface area (TPSA) is 95.2 Å². The van der Waals surface area contributed by atoms with Crippen LogP contribution in [-0.2, 0) is 9.84 Å². The quantitative estimate of drug-likeness (QED) is 0.770. The summed E-state index contributed by atoms with van der Waals surface area (Å²) in [6, 6.07) is 7.22. The van der Waals surface area contributed by atoms with E-state index in [-0.39, 0.29) is 17.1 Å². The number of sulfone groups is 1. The van der Waals surface area contributed by atoms with Gasteiger partial charge in [-0.15, -0.1) is 0 Å². The normalized spacial score (nSPS) is 18.1. The molecule has 1 fully saturated rings. The first-order valence-corrected chi connectivity index (χ1v) is 9.51. The molecule has 1 aliphatic rings. The molecule has 1 aromatic heterocycles. The van der Waals surface area contributed by atoms with E-state index in [1.54, 1.807) is 6.07 Å². The number of H-pyrrole nitrogens is 1. The number of aromatic nitrogens is 2. The van der Waals surface area contributed by atoms with E-state index in [0.29, 0.717) is 36.5 Å². The van der Waals surface area contributed by atoms with Crippen molar-refractivity contribution in [2.75, 3.05) is 43.0 Å². The van der Waals surface area contributed by atoms with Gasteiger partial charge in [0.2, 0.25) is 5.95 Å². The molecule has 0 unspecified atom stereocenters. The molecule has 2 heterocycles. The van der Waals surface area contributed by atoms with Crippen molar-refractivity contribution < 1.29 is 8.42 Å². The lowest BCUT2D eigenvalue weighted by Crippen LogP contribution is -2.41. The summed E-state index contributed by atoms with van der Waals surface area (Å²) in [4.78, 5) is 21.2. The molecule has 0 bridgehead atoms. The number of benzene rings is 1. The van der Waals surface area contributed by atoms with E-state index in [0.717, 1.165) is 13.0 Å². The summed E-state index contributed by atoms with van der Waals surface area (Å²) in [7, 11) is -2.82. The predicted molar refractivity (Wildman–Crippen MR) is 90.6 cm³/mol. The van der Waals surface area contributed by atoms with Gasteiger partial charge in [-0.2, -0.15) is 0 Å². The molecule has 1 saturated heterocycles. The lowest BCUT2D eigenvalue weighted by atomic mass is 10.2. The lowest BCUT2D eigenvalue weighted by molar-refractivity contribution is 0.294. The summed E-state index contributed by atoms with van der Waals surface area (Å²) >= 11 is 0. The first kappa shape index (κ1) is 15.9. The Balaban J connectivity index is 1.50. The highest BCUT2D eigenvalue weighted by molar-refractivity contribution is 7.91. The summed E-state index contributed by atoms with van der Waals surface area (Å²) in [6.45, 7) is 2.71. The fraction of sp³-hybridized carbons (Fsp3) is 0.467. The van der Waals surface area contributed by atoms with Gasteiger partial charge in [-0.3, -0.25) is 9.78 Å². The zero-order valence-corrected chi connectivity index (χ0v) is 13.6. The maximum Gasteiger partial charge on any atom is 0.260 e. The number of rotatable bonds is 5. The van der Waals surface area contributed by atoms with Crippen LogP contribution in [0.2, 0.25) is 0 Å². The Morgan fingerprint density at radius 1 is 1.22 bits per heavy atom. The first-order chi connectivity index (χ1) is 11.0. The van der Waals surface area contributed by atoms with Crippen LogP contribution in [0.25, 0.3) is 10.9 Å². The van der Waals surface area contributed by atoms with Crippen molar-refractivity contribution in [3.05, 3.63) is 34.6 Å². The fourth-order valence-electron chi connectivity index (χ4n) is 2.65. The van der Waals surface area contributed by atoms with Gasteiger partial charge in [0.1, 0.15) is 0 Å². The number of para-hydroxylation sites is 1. The number of hydrogen-bond acceptors (Lipinski definition) is 6. The summed E-state index contributed by atoms with van der Waals surface area (Å²) in [5, 5.41) is 3.70. The monoisotopic (exact) mass is 336 g/mol. The van der Waals surface area contributed by atoms with Crippen LogP contribution in [0.15, 0.2) is 29.1 Å². The lowest BCUT2D eigenvalue weighted by Gasteiger charge is -2.26. The maximum absolute atomic E-state index is 11.9. The van der Waals surface area contributed by atoms with Crippen LogP contribution in [-0.4, -0.2) is 61.0 Å². The van der Waals surface area contributed by atoms with Crippen molar-refractivity contribution >= 4 is 26.7 Å². The molecule has 2 aromatic rings. The molecule has 0 radical (unpaired) electrons. The highest BCUT2D eigenvalue weighted by Crippen LogP contribution is 2.08. The molecule has 0 amide bonds. The zero-order chi connectivity index (χ0) is 16.3. The van der Waals surface area contributed by atoms with Crippen LogP contribution >= 0.6 is 0 Å². The number of hydrogen-bond donors (Lipinski definition) is 2. The van der Waals surface area contributed by atoms with Gasteiger partial charge in [0.05, 0.1) is 22.4 Å². The second-order valence-corrected chi connectivity index (χ2v) is 8.01. The highest BCUT2D eigenvalue weighted by Gasteiger charge is 2.20. The molecule has 7 nitrogen and oxygen atoms in total. The van der Waals surface area contributed by atoms with E-state index in [2.05, 4.69) is 20.2 Å². The van der Waals surface area contributed by atoms with E-state index in [1.807, 2.05) is 18.2 Å². The number of nitrogens with one attached hydrogen (secondary N) is 2. The Labute approximate surface area is 134 Å². The van der Waals surface area contributed by atoms with E-state index in [9.17, 15) is 13.2 Å². The second kappa shape index (κ2) is 6.67. The van der Waals surface area contributed by atoms with Gasteiger partial charge in [-0.25, -0.2) is 13.4 Å². The van der Waals surface area contributed by atoms with Gasteiger partial charge in [0.15, 0.2) is 9.84 Å². The van der Waals surface area contributed by atoms with Gasteiger partial charge in [0.25, 0.3) is 5.56 Å². The van der Waals surface area contributed by atoms with Crippen LogP contribution in [0.4, 0.5) is 5.95 Å². The van der Waals surface area contributed by atoms with Crippen LogP contribution in [0.5, 0.6) is 0 Å². The van der Waals surface area contributed by atoms with Crippen molar-refractivity contribution in [1.29, 1.82) is 0 Å². The van der Waals surface area contributed by atoms with Gasteiger partial charge in [-0.05, 0) is 25.1 Å². The molecule has 2 N–H and O–H groups in total. The van der Waals surface area contributed by atoms with Crippen molar-refractivity contribution in [3.63, 3.8) is 0 Å². The predicted octanol–water partition coefficient (Wildman–Crippen LogP) is 0.456. The van der Waals surface area contributed by atoms with Crippen molar-refractivity contribution in [3.8, 4) is 0 Å². The molecule has 1 aliphatic heterocycles. The molecule has 0 aliphatic carbocycles. The molecule has 124 valence electrons. The third-order valence-electron chi connectivity index (χ3n) is 3.99. The minimum absolute atomic E-state index is 0.153. The van der Waals surface area contributed by atoms with Crippen molar-refractivity contribution in [2.45, 2.75) is 6.42 Å². The third-order valence-corrected chi connectivity index (χ3v) is 5.60. The Hall–Kier alpha value is -1.93. The molecule has 0 atom stereocenters. The summed E-state index contributed by atoms with van der Waals surface area (Å²) in [5.74, 6) is 0.967. The van der Waals surface area contributed by atoms with Crippen LogP contribution < -0.4 is 10.9 Å². The number of nitrogens with zero attached hydrogens (tertiary/aromatic N) is 2. The maximum atomic E-state index is 11.9. The smallest absolute Gasteiger partial charge is 0.260 e. The molecule has 23 heavy (non-hydrogen) atoms. The van der Waals surface area contributed by atoms with Crippen molar-refractivity contribution in [2.24, 2.45) is 0 Å². The molecule has 1 aromatic carbocycles.